The number of aromatic nitrogens is 4. The Morgan fingerprint density at radius 3 is 2.90 bits per heavy atom. The molecule has 0 saturated heterocycles. The average Bonchev–Trinajstić information content (AvgIpc) is 2.73. The lowest BCUT2D eigenvalue weighted by molar-refractivity contribution is 0.0923. The van der Waals surface area contributed by atoms with E-state index in [1.165, 1.54) is 37.8 Å². The number of rotatable bonds is 5. The van der Waals surface area contributed by atoms with E-state index in [4.69, 9.17) is 10.5 Å². The lowest BCUT2D eigenvalue weighted by Gasteiger charge is -2.27. The minimum absolute atomic E-state index is 0.275. The number of hydrogen-bond acceptors (Lipinski definition) is 7. The number of fused-ring (bicyclic) bond motifs is 1. The minimum Gasteiger partial charge on any atom is -0.480 e. The summed E-state index contributed by atoms with van der Waals surface area (Å²) in [5, 5.41) is 2.95. The van der Waals surface area contributed by atoms with Gasteiger partial charge in [-0.05, 0) is 24.2 Å². The summed E-state index contributed by atoms with van der Waals surface area (Å²) < 4.78 is 19.2. The van der Waals surface area contributed by atoms with E-state index in [0.29, 0.717) is 59.2 Å². The highest BCUT2D eigenvalue weighted by Crippen LogP contribution is 2.32. The molecular formula is C20H19FN6O2. The largest absolute Gasteiger partial charge is 0.480 e. The van der Waals surface area contributed by atoms with Crippen molar-refractivity contribution in [1.29, 1.82) is 0 Å². The molecule has 29 heavy (non-hydrogen) atoms. The van der Waals surface area contributed by atoms with Crippen molar-refractivity contribution in [3.63, 3.8) is 0 Å². The fraction of sp³-hybridized carbons (Fsp3) is 0.250. The van der Waals surface area contributed by atoms with Crippen LogP contribution in [0.1, 0.15) is 33.5 Å². The van der Waals surface area contributed by atoms with Gasteiger partial charge in [-0.3, -0.25) is 9.78 Å². The quantitative estimate of drug-likeness (QED) is 0.675. The van der Waals surface area contributed by atoms with Crippen LogP contribution >= 0.6 is 0 Å². The molecule has 0 bridgehead atoms. The van der Waals surface area contributed by atoms with Crippen molar-refractivity contribution in [2.45, 2.75) is 18.9 Å². The summed E-state index contributed by atoms with van der Waals surface area (Å²) in [6.45, 7) is 0.422. The van der Waals surface area contributed by atoms with Gasteiger partial charge in [-0.25, -0.2) is 19.3 Å². The van der Waals surface area contributed by atoms with Gasteiger partial charge >= 0.3 is 0 Å². The molecule has 0 unspecified atom stereocenters. The number of halogens is 1. The number of methoxy groups -OCH3 is 1. The van der Waals surface area contributed by atoms with Crippen molar-refractivity contribution in [1.82, 2.24) is 25.3 Å². The molecule has 3 heterocycles. The molecule has 3 aromatic rings. The van der Waals surface area contributed by atoms with Gasteiger partial charge in [-0.15, -0.1) is 0 Å². The van der Waals surface area contributed by atoms with Crippen LogP contribution in [0.15, 0.2) is 36.8 Å². The maximum Gasteiger partial charge on any atom is 0.255 e. The molecule has 1 aromatic carbocycles. The molecule has 0 radical (unpaired) electrons. The smallest absolute Gasteiger partial charge is 0.255 e. The van der Waals surface area contributed by atoms with Gasteiger partial charge in [-0.1, -0.05) is 6.07 Å². The molecule has 1 aliphatic heterocycles. The van der Waals surface area contributed by atoms with Gasteiger partial charge < -0.3 is 15.8 Å². The van der Waals surface area contributed by atoms with Gasteiger partial charge in [0.15, 0.2) is 0 Å². The van der Waals surface area contributed by atoms with Crippen LogP contribution in [0, 0.1) is 5.82 Å². The van der Waals surface area contributed by atoms with Crippen LogP contribution in [-0.2, 0) is 12.8 Å². The second kappa shape index (κ2) is 7.88. The van der Waals surface area contributed by atoms with Gasteiger partial charge in [0.2, 0.25) is 5.88 Å². The zero-order valence-corrected chi connectivity index (χ0v) is 15.7. The third-order valence-corrected chi connectivity index (χ3v) is 4.72. The fourth-order valence-corrected chi connectivity index (χ4v) is 3.35. The van der Waals surface area contributed by atoms with Crippen LogP contribution in [0.5, 0.6) is 5.88 Å². The molecule has 1 atom stereocenters. The van der Waals surface area contributed by atoms with Crippen LogP contribution in [-0.4, -0.2) is 39.5 Å². The maximum absolute atomic E-state index is 14.0. The average molecular weight is 394 g/mol. The number of hydrogen-bond donors (Lipinski definition) is 2. The van der Waals surface area contributed by atoms with Crippen molar-refractivity contribution < 1.29 is 13.9 Å². The summed E-state index contributed by atoms with van der Waals surface area (Å²) in [6, 6.07) is 3.97. The zero-order chi connectivity index (χ0) is 20.4. The fourth-order valence-electron chi connectivity index (χ4n) is 3.35. The SMILES string of the molecule is COc1cncc(-c2cc(F)ccc2[C@H]2Cc3nc(CCN)ncc3C(=O)N2)n1. The third kappa shape index (κ3) is 3.77. The van der Waals surface area contributed by atoms with Gasteiger partial charge in [0, 0.05) is 24.6 Å². The molecule has 0 spiro atoms. The first-order chi connectivity index (χ1) is 14.1. The van der Waals surface area contributed by atoms with Gasteiger partial charge in [-0.2, -0.15) is 0 Å². The Balaban J connectivity index is 1.76. The summed E-state index contributed by atoms with van der Waals surface area (Å²) in [5.74, 6) is 0.221. The predicted molar refractivity (Wildman–Crippen MR) is 103 cm³/mol. The van der Waals surface area contributed by atoms with Crippen LogP contribution in [0.4, 0.5) is 4.39 Å². The summed E-state index contributed by atoms with van der Waals surface area (Å²) >= 11 is 0. The van der Waals surface area contributed by atoms with E-state index in [1.54, 1.807) is 6.07 Å². The second-order valence-corrected chi connectivity index (χ2v) is 6.59. The highest BCUT2D eigenvalue weighted by atomic mass is 19.1. The molecule has 3 N–H and O–H groups in total. The normalized spacial score (nSPS) is 15.6. The molecule has 0 saturated carbocycles. The first-order valence-electron chi connectivity index (χ1n) is 9.10. The highest BCUT2D eigenvalue weighted by Gasteiger charge is 2.29. The zero-order valence-electron chi connectivity index (χ0n) is 15.7. The molecule has 9 heteroatoms. The number of ether oxygens (including phenoxy) is 1. The predicted octanol–water partition coefficient (Wildman–Crippen LogP) is 1.61. The van der Waals surface area contributed by atoms with E-state index < -0.39 is 11.9 Å². The van der Waals surface area contributed by atoms with Crippen molar-refractivity contribution in [3.8, 4) is 17.1 Å². The Kier molecular flexibility index (Phi) is 5.13. The topological polar surface area (TPSA) is 116 Å². The second-order valence-electron chi connectivity index (χ2n) is 6.59. The third-order valence-electron chi connectivity index (χ3n) is 4.72. The highest BCUT2D eigenvalue weighted by molar-refractivity contribution is 5.96. The molecule has 0 aliphatic carbocycles. The Hall–Kier alpha value is -3.46. The van der Waals surface area contributed by atoms with Crippen molar-refractivity contribution in [3.05, 3.63) is 65.3 Å². The summed E-state index contributed by atoms with van der Waals surface area (Å²) in [6.07, 6.45) is 5.49. The Morgan fingerprint density at radius 1 is 1.24 bits per heavy atom. The van der Waals surface area contributed by atoms with Gasteiger partial charge in [0.25, 0.3) is 5.91 Å². The number of nitrogens with two attached hydrogens (primary N) is 1. The minimum atomic E-state index is -0.413. The molecule has 4 rings (SSSR count). The molecule has 1 amide bonds. The molecule has 1 aliphatic rings. The number of nitrogens with zero attached hydrogens (tertiary/aromatic N) is 4. The van der Waals surface area contributed by atoms with E-state index in [9.17, 15) is 9.18 Å². The van der Waals surface area contributed by atoms with Gasteiger partial charge in [0.1, 0.15) is 11.6 Å². The maximum atomic E-state index is 14.0. The lowest BCUT2D eigenvalue weighted by atomic mass is 9.91. The van der Waals surface area contributed by atoms with E-state index in [2.05, 4.69) is 25.3 Å². The van der Waals surface area contributed by atoms with Gasteiger partial charge in [0.05, 0.1) is 42.5 Å². The number of amides is 1. The number of carbonyl (C=O) groups excluding carboxylic acids is 1. The van der Waals surface area contributed by atoms with Crippen molar-refractivity contribution >= 4 is 5.91 Å². The first kappa shape index (κ1) is 18.9. The van der Waals surface area contributed by atoms with Crippen LogP contribution in [0.3, 0.4) is 0 Å². The summed E-state index contributed by atoms with van der Waals surface area (Å²) in [4.78, 5) is 29.8. The molecule has 8 nitrogen and oxygen atoms in total. The van der Waals surface area contributed by atoms with E-state index >= 15 is 0 Å². The Morgan fingerprint density at radius 2 is 2.10 bits per heavy atom. The van der Waals surface area contributed by atoms with Crippen LogP contribution in [0.2, 0.25) is 0 Å². The van der Waals surface area contributed by atoms with Crippen molar-refractivity contribution in [2.75, 3.05) is 13.7 Å². The number of carbonyl (C=O) groups is 1. The summed E-state index contributed by atoms with van der Waals surface area (Å²) in [5.41, 5.74) is 8.36. The van der Waals surface area contributed by atoms with E-state index in [1.807, 2.05) is 0 Å². The van der Waals surface area contributed by atoms with Crippen LogP contribution in [0.25, 0.3) is 11.3 Å². The summed E-state index contributed by atoms with van der Waals surface area (Å²) in [7, 11) is 1.48. The van der Waals surface area contributed by atoms with E-state index in [-0.39, 0.29) is 5.91 Å². The van der Waals surface area contributed by atoms with E-state index in [0.717, 1.165) is 0 Å². The van der Waals surface area contributed by atoms with Crippen molar-refractivity contribution in [2.24, 2.45) is 5.73 Å². The molecule has 2 aromatic heterocycles. The molecule has 148 valence electrons. The number of nitrogens with one attached hydrogen (secondary N) is 1. The Labute approximate surface area is 166 Å². The first-order valence-corrected chi connectivity index (χ1v) is 9.10. The lowest BCUT2D eigenvalue weighted by Crippen LogP contribution is -2.36. The number of benzene rings is 1. The van der Waals surface area contributed by atoms with Crippen LogP contribution < -0.4 is 15.8 Å². The monoisotopic (exact) mass is 394 g/mol. The Bertz CT molecular complexity index is 1070. The standard InChI is InChI=1S/C20H19FN6O2/c1-29-19-10-23-9-17(26-19)13-6-11(21)2-3-12(13)15-7-16-14(20(28)27-15)8-24-18(25-16)4-5-22/h2-3,6,8-10,15H,4-5,7,22H2,1H3,(H,27,28)/t15-/m1/s1. The molecule has 0 fully saturated rings. The molecular weight excluding hydrogens is 375 g/mol.